The van der Waals surface area contributed by atoms with Crippen molar-refractivity contribution in [2.75, 3.05) is 13.7 Å². The predicted octanol–water partition coefficient (Wildman–Crippen LogP) is 1.20. The Labute approximate surface area is 81.9 Å². The number of carbonyl (C=O) groups is 1. The van der Waals surface area contributed by atoms with Crippen molar-refractivity contribution in [3.05, 3.63) is 35.7 Å². The largest absolute Gasteiger partial charge is 0.478 e. The molecule has 4 heteroatoms. The summed E-state index contributed by atoms with van der Waals surface area (Å²) >= 11 is 0. The highest BCUT2D eigenvalue weighted by Crippen LogP contribution is 2.05. The zero-order chi connectivity index (χ0) is 10.4. The third-order valence-corrected chi connectivity index (χ3v) is 1.60. The lowest BCUT2D eigenvalue weighted by Crippen LogP contribution is -2.06. The van der Waals surface area contributed by atoms with E-state index in [1.54, 1.807) is 30.6 Å². The van der Waals surface area contributed by atoms with E-state index in [-0.39, 0.29) is 12.2 Å². The topological polar surface area (TPSA) is 59.4 Å². The molecule has 0 unspecified atom stereocenters. The molecule has 1 N–H and O–H groups in total. The third-order valence-electron chi connectivity index (χ3n) is 1.60. The summed E-state index contributed by atoms with van der Waals surface area (Å²) in [5.74, 6) is -0.976. The molecule has 1 heterocycles. The number of hydrogen-bond acceptors (Lipinski definition) is 3. The van der Waals surface area contributed by atoms with Gasteiger partial charge in [-0.1, -0.05) is 6.07 Å². The third kappa shape index (κ3) is 2.99. The van der Waals surface area contributed by atoms with Gasteiger partial charge in [0.25, 0.3) is 0 Å². The lowest BCUT2D eigenvalue weighted by molar-refractivity contribution is -0.133. The maximum absolute atomic E-state index is 10.7. The van der Waals surface area contributed by atoms with Gasteiger partial charge in [-0.2, -0.15) is 0 Å². The summed E-state index contributed by atoms with van der Waals surface area (Å²) < 4.78 is 4.77. The molecule has 4 nitrogen and oxygen atoms in total. The highest BCUT2D eigenvalue weighted by molar-refractivity contribution is 5.92. The van der Waals surface area contributed by atoms with Gasteiger partial charge in [0.2, 0.25) is 0 Å². The van der Waals surface area contributed by atoms with Gasteiger partial charge in [0.15, 0.2) is 0 Å². The highest BCUT2D eigenvalue weighted by Gasteiger charge is 2.06. The molecular formula is C10H11NO3. The van der Waals surface area contributed by atoms with Crippen LogP contribution >= 0.6 is 0 Å². The van der Waals surface area contributed by atoms with Crippen LogP contribution in [0.5, 0.6) is 0 Å². The summed E-state index contributed by atoms with van der Waals surface area (Å²) in [5, 5.41) is 8.80. The fraction of sp³-hybridized carbons (Fsp3) is 0.200. The summed E-state index contributed by atoms with van der Waals surface area (Å²) in [7, 11) is 1.46. The van der Waals surface area contributed by atoms with Crippen molar-refractivity contribution in [2.24, 2.45) is 0 Å². The predicted molar refractivity (Wildman–Crippen MR) is 51.7 cm³/mol. The maximum Gasteiger partial charge on any atom is 0.333 e. The van der Waals surface area contributed by atoms with E-state index in [0.29, 0.717) is 0 Å². The quantitative estimate of drug-likeness (QED) is 0.730. The molecule has 0 aliphatic rings. The monoisotopic (exact) mass is 193 g/mol. The van der Waals surface area contributed by atoms with Crippen LogP contribution in [0.1, 0.15) is 5.56 Å². The zero-order valence-electron chi connectivity index (χ0n) is 7.80. The first-order valence-electron chi connectivity index (χ1n) is 4.07. The van der Waals surface area contributed by atoms with E-state index in [1.807, 2.05) is 0 Å². The minimum Gasteiger partial charge on any atom is -0.478 e. The number of carboxylic acid groups (broad SMARTS) is 1. The van der Waals surface area contributed by atoms with Crippen LogP contribution in [0.2, 0.25) is 0 Å². The highest BCUT2D eigenvalue weighted by atomic mass is 16.5. The van der Waals surface area contributed by atoms with Crippen LogP contribution in [0, 0.1) is 0 Å². The summed E-state index contributed by atoms with van der Waals surface area (Å²) in [6.45, 7) is 0.0875. The number of rotatable bonds is 4. The normalized spacial score (nSPS) is 11.4. The molecule has 0 aliphatic carbocycles. The molecule has 0 amide bonds. The van der Waals surface area contributed by atoms with Gasteiger partial charge in [0.1, 0.15) is 0 Å². The molecule has 1 rings (SSSR count). The van der Waals surface area contributed by atoms with E-state index in [9.17, 15) is 4.79 Å². The number of methoxy groups -OCH3 is 1. The Balaban J connectivity index is 2.88. The summed E-state index contributed by atoms with van der Waals surface area (Å²) in [4.78, 5) is 14.6. The van der Waals surface area contributed by atoms with E-state index in [4.69, 9.17) is 9.84 Å². The average molecular weight is 193 g/mol. The van der Waals surface area contributed by atoms with Gasteiger partial charge in [-0.15, -0.1) is 0 Å². The van der Waals surface area contributed by atoms with Crippen molar-refractivity contribution >= 4 is 12.0 Å². The Morgan fingerprint density at radius 2 is 2.50 bits per heavy atom. The molecular weight excluding hydrogens is 182 g/mol. The van der Waals surface area contributed by atoms with E-state index in [0.717, 1.165) is 5.56 Å². The Morgan fingerprint density at radius 3 is 3.00 bits per heavy atom. The molecule has 1 aromatic rings. The number of ether oxygens (including phenoxy) is 1. The van der Waals surface area contributed by atoms with Gasteiger partial charge >= 0.3 is 5.97 Å². The van der Waals surface area contributed by atoms with Gasteiger partial charge in [-0.3, -0.25) is 4.98 Å². The summed E-state index contributed by atoms with van der Waals surface area (Å²) in [6.07, 6.45) is 4.77. The minimum atomic E-state index is -0.976. The first-order chi connectivity index (χ1) is 6.74. The van der Waals surface area contributed by atoms with Crippen molar-refractivity contribution in [3.8, 4) is 0 Å². The van der Waals surface area contributed by atoms with Crippen LogP contribution < -0.4 is 0 Å². The van der Waals surface area contributed by atoms with Gasteiger partial charge in [-0.25, -0.2) is 4.79 Å². The van der Waals surface area contributed by atoms with Crippen molar-refractivity contribution in [1.29, 1.82) is 0 Å². The van der Waals surface area contributed by atoms with Crippen LogP contribution in [0.4, 0.5) is 0 Å². The van der Waals surface area contributed by atoms with Crippen molar-refractivity contribution < 1.29 is 14.6 Å². The molecule has 0 bridgehead atoms. The Hall–Kier alpha value is -1.68. The molecule has 14 heavy (non-hydrogen) atoms. The Morgan fingerprint density at radius 1 is 1.71 bits per heavy atom. The Kier molecular flexibility index (Phi) is 3.82. The molecule has 74 valence electrons. The second kappa shape index (κ2) is 5.14. The maximum atomic E-state index is 10.7. The van der Waals surface area contributed by atoms with E-state index in [2.05, 4.69) is 4.98 Å². The van der Waals surface area contributed by atoms with Crippen LogP contribution in [0.3, 0.4) is 0 Å². The number of nitrogens with zero attached hydrogens (tertiary/aromatic N) is 1. The number of pyridine rings is 1. The number of hydrogen-bond donors (Lipinski definition) is 1. The van der Waals surface area contributed by atoms with Crippen molar-refractivity contribution in [3.63, 3.8) is 0 Å². The van der Waals surface area contributed by atoms with Crippen LogP contribution in [-0.2, 0) is 9.53 Å². The second-order valence-electron chi connectivity index (χ2n) is 2.69. The standard InChI is InChI=1S/C10H11NO3/c1-14-7-9(10(12)13)5-8-3-2-4-11-6-8/h2-6H,7H2,1H3,(H,12,13)/b9-5+. The molecule has 0 radical (unpaired) electrons. The number of carboxylic acids is 1. The van der Waals surface area contributed by atoms with Crippen LogP contribution in [-0.4, -0.2) is 29.8 Å². The van der Waals surface area contributed by atoms with Gasteiger partial charge in [0.05, 0.1) is 12.2 Å². The van der Waals surface area contributed by atoms with Gasteiger partial charge in [0, 0.05) is 19.5 Å². The second-order valence-corrected chi connectivity index (χ2v) is 2.69. The zero-order valence-corrected chi connectivity index (χ0v) is 7.80. The van der Waals surface area contributed by atoms with Crippen molar-refractivity contribution in [2.45, 2.75) is 0 Å². The SMILES string of the molecule is COC/C(=C\c1cccnc1)C(=O)O. The van der Waals surface area contributed by atoms with E-state index < -0.39 is 5.97 Å². The van der Waals surface area contributed by atoms with Gasteiger partial charge in [-0.05, 0) is 17.7 Å². The van der Waals surface area contributed by atoms with E-state index >= 15 is 0 Å². The Bertz CT molecular complexity index is 332. The first kappa shape index (κ1) is 10.4. The summed E-state index contributed by atoms with van der Waals surface area (Å²) in [6, 6.07) is 3.53. The minimum absolute atomic E-state index is 0.0875. The molecule has 1 aromatic heterocycles. The molecule has 0 saturated carbocycles. The smallest absolute Gasteiger partial charge is 0.333 e. The van der Waals surface area contributed by atoms with Crippen molar-refractivity contribution in [1.82, 2.24) is 4.98 Å². The van der Waals surface area contributed by atoms with Crippen LogP contribution in [0.25, 0.3) is 6.08 Å². The lowest BCUT2D eigenvalue weighted by atomic mass is 10.2. The average Bonchev–Trinajstić information content (AvgIpc) is 2.18. The van der Waals surface area contributed by atoms with Crippen LogP contribution in [0.15, 0.2) is 30.1 Å². The number of aliphatic carboxylic acids is 1. The van der Waals surface area contributed by atoms with E-state index in [1.165, 1.54) is 7.11 Å². The molecule has 0 spiro atoms. The van der Waals surface area contributed by atoms with Gasteiger partial charge < -0.3 is 9.84 Å². The summed E-state index contributed by atoms with van der Waals surface area (Å²) in [5.41, 5.74) is 0.961. The molecule has 0 atom stereocenters. The molecule has 0 fully saturated rings. The fourth-order valence-electron chi connectivity index (χ4n) is 0.983. The molecule has 0 aromatic carbocycles. The fourth-order valence-corrected chi connectivity index (χ4v) is 0.983. The lowest BCUT2D eigenvalue weighted by Gasteiger charge is -2.00. The number of aromatic nitrogens is 1. The first-order valence-corrected chi connectivity index (χ1v) is 4.07. The molecule has 0 saturated heterocycles. The molecule has 0 aliphatic heterocycles.